The quantitative estimate of drug-likeness (QED) is 0.816. The molecular formula is C8H7F6NO. The van der Waals surface area contributed by atoms with E-state index in [2.05, 4.69) is 4.42 Å². The molecule has 1 atom stereocenters. The van der Waals surface area contributed by atoms with Gasteiger partial charge in [-0.3, -0.25) is 0 Å². The molecule has 1 aromatic heterocycles. The standard InChI is InChI=1S/C8H7F6NO/c9-7(10,11)6(8(12,13)14)5(15)4-1-2-16-3-4/h1-3,5-6H,15H2. The molecule has 0 saturated heterocycles. The summed E-state index contributed by atoms with van der Waals surface area (Å²) < 4.78 is 77.8. The first kappa shape index (κ1) is 12.9. The Balaban J connectivity index is 3.04. The minimum absolute atomic E-state index is 0.348. The normalized spacial score (nSPS) is 15.5. The number of alkyl halides is 6. The van der Waals surface area contributed by atoms with Crippen molar-refractivity contribution in [3.63, 3.8) is 0 Å². The summed E-state index contributed by atoms with van der Waals surface area (Å²) in [7, 11) is 0. The smallest absolute Gasteiger partial charge is 0.402 e. The van der Waals surface area contributed by atoms with Crippen molar-refractivity contribution < 1.29 is 30.8 Å². The second-order valence-electron chi connectivity index (χ2n) is 3.14. The number of hydrogen-bond acceptors (Lipinski definition) is 2. The van der Waals surface area contributed by atoms with E-state index in [-0.39, 0.29) is 5.56 Å². The Morgan fingerprint density at radius 2 is 1.56 bits per heavy atom. The molecule has 1 heterocycles. The van der Waals surface area contributed by atoms with E-state index in [1.165, 1.54) is 0 Å². The van der Waals surface area contributed by atoms with Gasteiger partial charge in [0.2, 0.25) is 0 Å². The SMILES string of the molecule is NC(c1ccoc1)C(C(F)(F)F)C(F)(F)F. The molecule has 0 spiro atoms. The highest BCUT2D eigenvalue weighted by atomic mass is 19.4. The topological polar surface area (TPSA) is 39.2 Å². The van der Waals surface area contributed by atoms with Gasteiger partial charge in [-0.2, -0.15) is 26.3 Å². The minimum Gasteiger partial charge on any atom is -0.472 e. The average molecular weight is 247 g/mol. The largest absolute Gasteiger partial charge is 0.472 e. The van der Waals surface area contributed by atoms with Gasteiger partial charge in [-0.15, -0.1) is 0 Å². The molecule has 1 unspecified atom stereocenters. The van der Waals surface area contributed by atoms with E-state index >= 15 is 0 Å². The van der Waals surface area contributed by atoms with Crippen LogP contribution >= 0.6 is 0 Å². The third-order valence-electron chi connectivity index (χ3n) is 1.99. The zero-order valence-corrected chi connectivity index (χ0v) is 7.64. The fourth-order valence-electron chi connectivity index (χ4n) is 1.25. The Morgan fingerprint density at radius 3 is 1.88 bits per heavy atom. The van der Waals surface area contributed by atoms with Gasteiger partial charge in [0, 0.05) is 5.56 Å². The summed E-state index contributed by atoms with van der Waals surface area (Å²) in [5.41, 5.74) is 4.61. The predicted molar refractivity (Wildman–Crippen MR) is 41.2 cm³/mol. The van der Waals surface area contributed by atoms with Crippen molar-refractivity contribution >= 4 is 0 Å². The Kier molecular flexibility index (Phi) is 3.22. The highest BCUT2D eigenvalue weighted by molar-refractivity contribution is 5.13. The number of halogens is 6. The lowest BCUT2D eigenvalue weighted by molar-refractivity contribution is -0.290. The summed E-state index contributed by atoms with van der Waals surface area (Å²) in [5, 5.41) is 0. The van der Waals surface area contributed by atoms with Crippen molar-refractivity contribution in [3.05, 3.63) is 24.2 Å². The van der Waals surface area contributed by atoms with Crippen molar-refractivity contribution in [2.75, 3.05) is 0 Å². The Morgan fingerprint density at radius 1 is 1.06 bits per heavy atom. The molecule has 0 bridgehead atoms. The van der Waals surface area contributed by atoms with E-state index in [9.17, 15) is 26.3 Å². The average Bonchev–Trinajstić information content (AvgIpc) is 2.48. The lowest BCUT2D eigenvalue weighted by atomic mass is 9.94. The number of furan rings is 1. The van der Waals surface area contributed by atoms with Crippen molar-refractivity contribution in [1.82, 2.24) is 0 Å². The zero-order valence-electron chi connectivity index (χ0n) is 7.64. The maximum atomic E-state index is 12.2. The van der Waals surface area contributed by atoms with Crippen LogP contribution in [-0.4, -0.2) is 12.4 Å². The van der Waals surface area contributed by atoms with E-state index in [1.54, 1.807) is 0 Å². The van der Waals surface area contributed by atoms with E-state index in [4.69, 9.17) is 5.73 Å². The molecule has 0 fully saturated rings. The lowest BCUT2D eigenvalue weighted by Crippen LogP contribution is -2.43. The van der Waals surface area contributed by atoms with Gasteiger partial charge in [0.1, 0.15) is 0 Å². The van der Waals surface area contributed by atoms with Gasteiger partial charge in [-0.1, -0.05) is 0 Å². The monoisotopic (exact) mass is 247 g/mol. The molecule has 0 aliphatic rings. The maximum absolute atomic E-state index is 12.2. The van der Waals surface area contributed by atoms with Gasteiger partial charge in [0.15, 0.2) is 5.92 Å². The third kappa shape index (κ3) is 2.69. The van der Waals surface area contributed by atoms with Crippen molar-refractivity contribution in [2.24, 2.45) is 11.7 Å². The second-order valence-corrected chi connectivity index (χ2v) is 3.14. The molecule has 1 aromatic rings. The molecule has 0 aromatic carbocycles. The van der Waals surface area contributed by atoms with Gasteiger partial charge in [0.25, 0.3) is 0 Å². The molecule has 92 valence electrons. The van der Waals surface area contributed by atoms with E-state index in [1.807, 2.05) is 0 Å². The number of rotatable bonds is 2. The van der Waals surface area contributed by atoms with E-state index in [0.717, 1.165) is 18.6 Å². The molecular weight excluding hydrogens is 240 g/mol. The minimum atomic E-state index is -5.45. The molecule has 2 nitrogen and oxygen atoms in total. The van der Waals surface area contributed by atoms with Gasteiger partial charge < -0.3 is 10.2 Å². The Bertz CT molecular complexity index is 313. The summed E-state index contributed by atoms with van der Waals surface area (Å²) in [6, 6.07) is -1.26. The number of nitrogens with two attached hydrogens (primary N) is 1. The van der Waals surface area contributed by atoms with Crippen LogP contribution in [-0.2, 0) is 0 Å². The van der Waals surface area contributed by atoms with Crippen LogP contribution in [0.5, 0.6) is 0 Å². The fourth-order valence-corrected chi connectivity index (χ4v) is 1.25. The molecule has 0 radical (unpaired) electrons. The van der Waals surface area contributed by atoms with Crippen molar-refractivity contribution in [2.45, 2.75) is 18.4 Å². The van der Waals surface area contributed by atoms with Gasteiger partial charge in [0.05, 0.1) is 18.6 Å². The molecule has 0 aliphatic carbocycles. The zero-order chi connectivity index (χ0) is 12.6. The van der Waals surface area contributed by atoms with Crippen LogP contribution in [0.25, 0.3) is 0 Å². The van der Waals surface area contributed by atoms with Gasteiger partial charge in [-0.05, 0) is 6.07 Å². The van der Waals surface area contributed by atoms with Crippen LogP contribution in [0.1, 0.15) is 11.6 Å². The highest BCUT2D eigenvalue weighted by Gasteiger charge is 2.59. The summed E-state index contributed by atoms with van der Waals surface area (Å²) in [4.78, 5) is 0. The first-order chi connectivity index (χ1) is 7.14. The maximum Gasteiger partial charge on any atom is 0.402 e. The highest BCUT2D eigenvalue weighted by Crippen LogP contribution is 2.45. The summed E-state index contributed by atoms with van der Waals surface area (Å²) in [6.07, 6.45) is -9.18. The first-order valence-corrected chi connectivity index (χ1v) is 4.05. The van der Waals surface area contributed by atoms with Crippen molar-refractivity contribution in [3.8, 4) is 0 Å². The van der Waals surface area contributed by atoms with E-state index < -0.39 is 24.3 Å². The lowest BCUT2D eigenvalue weighted by Gasteiger charge is -2.27. The van der Waals surface area contributed by atoms with Crippen LogP contribution in [0.3, 0.4) is 0 Å². The van der Waals surface area contributed by atoms with Crippen LogP contribution in [0, 0.1) is 5.92 Å². The van der Waals surface area contributed by atoms with Crippen molar-refractivity contribution in [1.29, 1.82) is 0 Å². The summed E-state index contributed by atoms with van der Waals surface area (Å²) in [5.74, 6) is -3.60. The molecule has 2 N–H and O–H groups in total. The molecule has 0 aliphatic heterocycles. The van der Waals surface area contributed by atoms with Gasteiger partial charge >= 0.3 is 12.4 Å². The van der Waals surface area contributed by atoms with Crippen LogP contribution < -0.4 is 5.73 Å². The Hall–Kier alpha value is -1.18. The first-order valence-electron chi connectivity index (χ1n) is 4.05. The number of hydrogen-bond donors (Lipinski definition) is 1. The summed E-state index contributed by atoms with van der Waals surface area (Å²) >= 11 is 0. The van der Waals surface area contributed by atoms with Gasteiger partial charge in [-0.25, -0.2) is 0 Å². The fraction of sp³-hybridized carbons (Fsp3) is 0.500. The molecule has 16 heavy (non-hydrogen) atoms. The predicted octanol–water partition coefficient (Wildman–Crippen LogP) is 3.02. The molecule has 8 heteroatoms. The molecule has 0 saturated carbocycles. The van der Waals surface area contributed by atoms with Crippen LogP contribution in [0.4, 0.5) is 26.3 Å². The second kappa shape index (κ2) is 4.00. The summed E-state index contributed by atoms with van der Waals surface area (Å²) in [6.45, 7) is 0. The molecule has 1 rings (SSSR count). The van der Waals surface area contributed by atoms with Crippen LogP contribution in [0.15, 0.2) is 23.0 Å². The Labute approximate surface area is 86.0 Å². The third-order valence-corrected chi connectivity index (χ3v) is 1.99. The van der Waals surface area contributed by atoms with Crippen LogP contribution in [0.2, 0.25) is 0 Å². The molecule has 0 amide bonds. The van der Waals surface area contributed by atoms with E-state index in [0.29, 0.717) is 0 Å².